The molecule has 0 atom stereocenters. The topological polar surface area (TPSA) is 122 Å². The lowest BCUT2D eigenvalue weighted by Gasteiger charge is -2.12. The maximum atomic E-state index is 11.4. The van der Waals surface area contributed by atoms with E-state index in [4.69, 9.17) is 18.7 Å². The van der Waals surface area contributed by atoms with E-state index in [-0.39, 0.29) is 17.4 Å². The maximum absolute atomic E-state index is 11.4. The summed E-state index contributed by atoms with van der Waals surface area (Å²) >= 11 is 0. The van der Waals surface area contributed by atoms with Gasteiger partial charge in [0.05, 0.1) is 26.3 Å². The molecule has 1 heterocycles. The molecule has 0 bridgehead atoms. The molecular formula is C19H20N4O6. The largest absolute Gasteiger partial charge is 0.493 e. The normalized spacial score (nSPS) is 10.5. The summed E-state index contributed by atoms with van der Waals surface area (Å²) in [5.74, 6) is 1.76. The van der Waals surface area contributed by atoms with Crippen LogP contribution in [0.25, 0.3) is 22.8 Å². The van der Waals surface area contributed by atoms with Crippen LogP contribution in [0, 0.1) is 10.1 Å². The van der Waals surface area contributed by atoms with Gasteiger partial charge in [0.15, 0.2) is 11.5 Å². The number of nitro benzene ring substituents is 1. The average molecular weight is 400 g/mol. The van der Waals surface area contributed by atoms with Crippen LogP contribution in [0.4, 0.5) is 11.4 Å². The van der Waals surface area contributed by atoms with Gasteiger partial charge in [-0.1, -0.05) is 5.16 Å². The first-order valence-electron chi connectivity index (χ1n) is 8.69. The van der Waals surface area contributed by atoms with Gasteiger partial charge in [-0.25, -0.2) is 0 Å². The number of nitro groups is 1. The number of methoxy groups -OCH3 is 3. The first-order chi connectivity index (χ1) is 14.0. The van der Waals surface area contributed by atoms with Crippen molar-refractivity contribution < 1.29 is 23.7 Å². The molecule has 10 heteroatoms. The summed E-state index contributed by atoms with van der Waals surface area (Å²) in [5, 5.41) is 18.3. The van der Waals surface area contributed by atoms with E-state index in [9.17, 15) is 10.1 Å². The van der Waals surface area contributed by atoms with E-state index < -0.39 is 4.92 Å². The number of nitrogens with zero attached hydrogens (tertiary/aromatic N) is 3. The molecule has 0 aliphatic carbocycles. The highest BCUT2D eigenvalue weighted by Gasteiger charge is 2.20. The molecule has 3 rings (SSSR count). The lowest BCUT2D eigenvalue weighted by molar-refractivity contribution is -0.383. The molecule has 0 aliphatic rings. The summed E-state index contributed by atoms with van der Waals surface area (Å²) in [6.07, 6.45) is 0. The Hall–Kier alpha value is -3.82. The minimum absolute atomic E-state index is 0.0723. The number of benzene rings is 2. The zero-order valence-corrected chi connectivity index (χ0v) is 16.4. The molecule has 0 saturated heterocycles. The Balaban J connectivity index is 2.02. The van der Waals surface area contributed by atoms with Gasteiger partial charge in [0, 0.05) is 23.7 Å². The van der Waals surface area contributed by atoms with Gasteiger partial charge in [0.2, 0.25) is 11.6 Å². The number of anilines is 1. The second-order valence-corrected chi connectivity index (χ2v) is 5.86. The van der Waals surface area contributed by atoms with Gasteiger partial charge in [-0.05, 0) is 31.2 Å². The van der Waals surface area contributed by atoms with Gasteiger partial charge in [-0.3, -0.25) is 10.1 Å². The molecule has 0 fully saturated rings. The Morgan fingerprint density at radius 2 is 1.76 bits per heavy atom. The van der Waals surface area contributed by atoms with Crippen molar-refractivity contribution in [3.05, 3.63) is 40.4 Å². The summed E-state index contributed by atoms with van der Waals surface area (Å²) in [5.41, 5.74) is 1.36. The van der Waals surface area contributed by atoms with Crippen molar-refractivity contribution in [1.82, 2.24) is 10.1 Å². The molecule has 0 unspecified atom stereocenters. The third-order valence-electron chi connectivity index (χ3n) is 4.16. The number of aromatic nitrogens is 2. The Labute approximate surface area is 166 Å². The second kappa shape index (κ2) is 8.46. The van der Waals surface area contributed by atoms with Crippen molar-refractivity contribution in [3.63, 3.8) is 0 Å². The molecule has 10 nitrogen and oxygen atoms in total. The summed E-state index contributed by atoms with van der Waals surface area (Å²) in [6, 6.07) is 8.06. The van der Waals surface area contributed by atoms with Crippen molar-refractivity contribution in [2.45, 2.75) is 6.92 Å². The number of ether oxygens (including phenoxy) is 3. The number of rotatable bonds is 8. The van der Waals surface area contributed by atoms with Crippen molar-refractivity contribution in [2.24, 2.45) is 0 Å². The summed E-state index contributed by atoms with van der Waals surface area (Å²) in [4.78, 5) is 15.3. The van der Waals surface area contributed by atoms with Crippen LogP contribution in [-0.2, 0) is 0 Å². The van der Waals surface area contributed by atoms with Gasteiger partial charge < -0.3 is 24.1 Å². The van der Waals surface area contributed by atoms with Crippen LogP contribution in [0.2, 0.25) is 0 Å². The number of hydrogen-bond acceptors (Lipinski definition) is 9. The molecule has 0 amide bonds. The summed E-state index contributed by atoms with van der Waals surface area (Å²) in [7, 11) is 4.53. The first-order valence-corrected chi connectivity index (χ1v) is 8.69. The van der Waals surface area contributed by atoms with Gasteiger partial charge in [0.25, 0.3) is 11.6 Å². The zero-order valence-electron chi connectivity index (χ0n) is 16.4. The van der Waals surface area contributed by atoms with Gasteiger partial charge in [0.1, 0.15) is 5.69 Å². The smallest absolute Gasteiger partial charge is 0.293 e. The molecule has 29 heavy (non-hydrogen) atoms. The van der Waals surface area contributed by atoms with Crippen LogP contribution < -0.4 is 19.5 Å². The van der Waals surface area contributed by atoms with Gasteiger partial charge in [-0.2, -0.15) is 4.98 Å². The molecule has 1 N–H and O–H groups in total. The van der Waals surface area contributed by atoms with E-state index in [1.54, 1.807) is 24.3 Å². The molecule has 3 aromatic rings. The molecule has 0 spiro atoms. The van der Waals surface area contributed by atoms with Crippen LogP contribution in [0.3, 0.4) is 0 Å². The van der Waals surface area contributed by atoms with Crippen LogP contribution in [0.1, 0.15) is 6.92 Å². The third kappa shape index (κ3) is 3.91. The lowest BCUT2D eigenvalue weighted by atomic mass is 10.1. The molecule has 0 saturated carbocycles. The molecular weight excluding hydrogens is 380 g/mol. The number of hydrogen-bond donors (Lipinski definition) is 1. The predicted octanol–water partition coefficient (Wildman–Crippen LogP) is 3.77. The Morgan fingerprint density at radius 3 is 2.31 bits per heavy atom. The van der Waals surface area contributed by atoms with Crippen LogP contribution in [-0.4, -0.2) is 42.9 Å². The lowest BCUT2D eigenvalue weighted by Crippen LogP contribution is -2.01. The van der Waals surface area contributed by atoms with Crippen molar-refractivity contribution in [3.8, 4) is 40.1 Å². The fourth-order valence-corrected chi connectivity index (χ4v) is 2.82. The van der Waals surface area contributed by atoms with Crippen LogP contribution >= 0.6 is 0 Å². The van der Waals surface area contributed by atoms with E-state index in [2.05, 4.69) is 15.5 Å². The first kappa shape index (κ1) is 19.9. The highest BCUT2D eigenvalue weighted by atomic mass is 16.6. The van der Waals surface area contributed by atoms with Crippen molar-refractivity contribution in [2.75, 3.05) is 33.2 Å². The van der Waals surface area contributed by atoms with E-state index in [1.165, 1.54) is 27.4 Å². The predicted molar refractivity (Wildman–Crippen MR) is 106 cm³/mol. The quantitative estimate of drug-likeness (QED) is 0.445. The fourth-order valence-electron chi connectivity index (χ4n) is 2.82. The standard InChI is InChI=1S/C19H20N4O6/c1-5-20-13-7-6-11(8-14(13)23(24)25)19-21-18(22-29-19)12-9-15(26-2)17(28-4)16(10-12)27-3/h6-10,20H,5H2,1-4H3. The van der Waals surface area contributed by atoms with E-state index in [1.807, 2.05) is 6.92 Å². The average Bonchev–Trinajstić information content (AvgIpc) is 3.23. The molecule has 152 valence electrons. The monoisotopic (exact) mass is 400 g/mol. The zero-order chi connectivity index (χ0) is 21.0. The summed E-state index contributed by atoms with van der Waals surface area (Å²) < 4.78 is 21.3. The van der Waals surface area contributed by atoms with Crippen LogP contribution in [0.5, 0.6) is 17.2 Å². The van der Waals surface area contributed by atoms with E-state index in [0.29, 0.717) is 40.6 Å². The van der Waals surface area contributed by atoms with E-state index in [0.717, 1.165) is 0 Å². The SMILES string of the molecule is CCNc1ccc(-c2nc(-c3cc(OC)c(OC)c(OC)c3)no2)cc1[N+](=O)[O-]. The second-order valence-electron chi connectivity index (χ2n) is 5.86. The minimum Gasteiger partial charge on any atom is -0.493 e. The highest BCUT2D eigenvalue weighted by molar-refractivity contribution is 5.71. The molecule has 0 aliphatic heterocycles. The van der Waals surface area contributed by atoms with E-state index >= 15 is 0 Å². The van der Waals surface area contributed by atoms with Crippen molar-refractivity contribution >= 4 is 11.4 Å². The number of nitrogens with one attached hydrogen (secondary N) is 1. The Morgan fingerprint density at radius 1 is 1.07 bits per heavy atom. The Bertz CT molecular complexity index is 1010. The molecule has 2 aromatic carbocycles. The van der Waals surface area contributed by atoms with Gasteiger partial charge in [-0.15, -0.1) is 0 Å². The fraction of sp³-hybridized carbons (Fsp3) is 0.263. The minimum atomic E-state index is -0.460. The molecule has 1 aromatic heterocycles. The highest BCUT2D eigenvalue weighted by Crippen LogP contribution is 2.41. The third-order valence-corrected chi connectivity index (χ3v) is 4.16. The summed E-state index contributed by atoms with van der Waals surface area (Å²) in [6.45, 7) is 2.42. The Kier molecular flexibility index (Phi) is 5.82. The van der Waals surface area contributed by atoms with Crippen LogP contribution in [0.15, 0.2) is 34.9 Å². The van der Waals surface area contributed by atoms with Crippen molar-refractivity contribution in [1.29, 1.82) is 0 Å². The van der Waals surface area contributed by atoms with Gasteiger partial charge >= 0.3 is 0 Å². The molecule has 0 radical (unpaired) electrons. The maximum Gasteiger partial charge on any atom is 0.293 e.